The molecule has 0 aromatic heterocycles. The molecule has 0 saturated carbocycles. The van der Waals surface area contributed by atoms with Gasteiger partial charge < -0.3 is 20.3 Å². The number of rotatable bonds is 48. The van der Waals surface area contributed by atoms with E-state index in [-0.39, 0.29) is 18.5 Å². The first-order chi connectivity index (χ1) is 29.0. The second-order valence-electron chi connectivity index (χ2n) is 17.9. The highest BCUT2D eigenvalue weighted by Crippen LogP contribution is 2.16. The third-order valence-electron chi connectivity index (χ3n) is 12.0. The summed E-state index contributed by atoms with van der Waals surface area (Å²) in [5.74, 6) is -0.120. The molecule has 6 heteroatoms. The molecule has 0 aliphatic heterocycles. The summed E-state index contributed by atoms with van der Waals surface area (Å²) in [5, 5.41) is 23.1. The predicted molar refractivity (Wildman–Crippen MR) is 255 cm³/mol. The van der Waals surface area contributed by atoms with Crippen LogP contribution in [0.3, 0.4) is 0 Å². The highest BCUT2D eigenvalue weighted by molar-refractivity contribution is 5.76. The van der Waals surface area contributed by atoms with E-state index in [0.29, 0.717) is 19.4 Å². The molecule has 0 radical (unpaired) electrons. The van der Waals surface area contributed by atoms with Crippen molar-refractivity contribution >= 4 is 11.9 Å². The number of ether oxygens (including phenoxy) is 1. The average molecular weight is 832 g/mol. The number of unbranched alkanes of at least 4 members (excludes halogenated alkanes) is 35. The lowest BCUT2D eigenvalue weighted by molar-refractivity contribution is -0.143. The predicted octanol–water partition coefficient (Wildman–Crippen LogP) is 15.5. The highest BCUT2D eigenvalue weighted by atomic mass is 16.5. The quantitative estimate of drug-likeness (QED) is 0.0322. The molecule has 0 bridgehead atoms. The summed E-state index contributed by atoms with van der Waals surface area (Å²) >= 11 is 0. The molecule has 0 heterocycles. The van der Waals surface area contributed by atoms with Gasteiger partial charge >= 0.3 is 5.97 Å². The molecule has 6 nitrogen and oxygen atoms in total. The van der Waals surface area contributed by atoms with Crippen molar-refractivity contribution in [3.05, 3.63) is 24.3 Å². The molecule has 0 aromatic carbocycles. The van der Waals surface area contributed by atoms with Gasteiger partial charge in [0.25, 0.3) is 0 Å². The molecule has 0 aliphatic rings. The fraction of sp³-hybridized carbons (Fsp3) is 0.887. The van der Waals surface area contributed by atoms with Gasteiger partial charge in [0.1, 0.15) is 0 Å². The van der Waals surface area contributed by atoms with Gasteiger partial charge in [0.15, 0.2) is 0 Å². The summed E-state index contributed by atoms with van der Waals surface area (Å²) in [6.45, 7) is 4.84. The van der Waals surface area contributed by atoms with E-state index in [1.807, 2.05) is 6.08 Å². The van der Waals surface area contributed by atoms with Gasteiger partial charge in [0.2, 0.25) is 5.91 Å². The molecule has 0 aromatic rings. The molecule has 3 N–H and O–H groups in total. The van der Waals surface area contributed by atoms with Crippen LogP contribution in [0.4, 0.5) is 0 Å². The van der Waals surface area contributed by atoms with Crippen molar-refractivity contribution in [1.29, 1.82) is 0 Å². The molecule has 0 aliphatic carbocycles. The van der Waals surface area contributed by atoms with Crippen LogP contribution in [-0.2, 0) is 14.3 Å². The monoisotopic (exact) mass is 832 g/mol. The Morgan fingerprint density at radius 1 is 0.458 bits per heavy atom. The van der Waals surface area contributed by atoms with E-state index in [0.717, 1.165) is 57.8 Å². The molecule has 0 rings (SSSR count). The number of allylic oxidation sites excluding steroid dienone is 3. The van der Waals surface area contributed by atoms with Crippen molar-refractivity contribution in [1.82, 2.24) is 5.32 Å². The van der Waals surface area contributed by atoms with Crippen LogP contribution in [0.5, 0.6) is 0 Å². The number of esters is 1. The third-order valence-corrected chi connectivity index (χ3v) is 12.0. The van der Waals surface area contributed by atoms with Gasteiger partial charge in [-0.05, 0) is 57.8 Å². The maximum Gasteiger partial charge on any atom is 0.305 e. The van der Waals surface area contributed by atoms with Gasteiger partial charge in [0, 0.05) is 12.8 Å². The first kappa shape index (κ1) is 57.3. The summed E-state index contributed by atoms with van der Waals surface area (Å²) in [7, 11) is 0. The highest BCUT2D eigenvalue weighted by Gasteiger charge is 2.18. The minimum absolute atomic E-state index is 0.0300. The number of aliphatic hydroxyl groups excluding tert-OH is 2. The Morgan fingerprint density at radius 2 is 0.797 bits per heavy atom. The Bertz CT molecular complexity index is 920. The lowest BCUT2D eigenvalue weighted by atomic mass is 10.0. The molecule has 0 fully saturated rings. The Balaban J connectivity index is 3.53. The molecular formula is C53H101NO5. The summed E-state index contributed by atoms with van der Waals surface area (Å²) in [6, 6.07) is -0.645. The van der Waals surface area contributed by atoms with Gasteiger partial charge in [-0.15, -0.1) is 0 Å². The van der Waals surface area contributed by atoms with E-state index in [2.05, 4.69) is 31.3 Å². The third kappa shape index (κ3) is 45.7. The second kappa shape index (κ2) is 49.0. The largest absolute Gasteiger partial charge is 0.466 e. The number of hydrogen-bond donors (Lipinski definition) is 3. The first-order valence-corrected chi connectivity index (χ1v) is 26.1. The Labute approximate surface area is 367 Å². The maximum absolute atomic E-state index is 12.4. The van der Waals surface area contributed by atoms with E-state index >= 15 is 0 Å². The van der Waals surface area contributed by atoms with Crippen molar-refractivity contribution in [2.75, 3.05) is 13.2 Å². The number of carbonyl (C=O) groups is 2. The zero-order valence-corrected chi connectivity index (χ0v) is 39.5. The van der Waals surface area contributed by atoms with Gasteiger partial charge in [-0.1, -0.05) is 231 Å². The molecule has 0 spiro atoms. The number of carbonyl (C=O) groups excluding carboxylic acids is 2. The molecule has 2 atom stereocenters. The van der Waals surface area contributed by atoms with E-state index in [1.165, 1.54) is 193 Å². The molecule has 59 heavy (non-hydrogen) atoms. The topological polar surface area (TPSA) is 95.9 Å². The normalized spacial score (nSPS) is 12.8. The lowest BCUT2D eigenvalue weighted by Gasteiger charge is -2.20. The SMILES string of the molecule is CCCCCC/C=C\CCCCCCCC(=O)OCCCCCCCCCCCCC(=O)NC(CO)C(O)/C=C/CCCCCCCCCCCCCCCCCCC. The zero-order chi connectivity index (χ0) is 43.0. The van der Waals surface area contributed by atoms with Crippen molar-refractivity contribution in [3.63, 3.8) is 0 Å². The zero-order valence-electron chi connectivity index (χ0n) is 39.5. The smallest absolute Gasteiger partial charge is 0.305 e. The molecule has 2 unspecified atom stereocenters. The molecule has 0 saturated heterocycles. The van der Waals surface area contributed by atoms with Crippen molar-refractivity contribution < 1.29 is 24.5 Å². The van der Waals surface area contributed by atoms with E-state index in [4.69, 9.17) is 4.74 Å². The van der Waals surface area contributed by atoms with Gasteiger partial charge in [-0.2, -0.15) is 0 Å². The van der Waals surface area contributed by atoms with Crippen LogP contribution in [0.15, 0.2) is 24.3 Å². The van der Waals surface area contributed by atoms with Crippen LogP contribution in [0.2, 0.25) is 0 Å². The molecular weight excluding hydrogens is 731 g/mol. The van der Waals surface area contributed by atoms with Gasteiger partial charge in [0.05, 0.1) is 25.4 Å². The minimum atomic E-state index is -0.859. The molecule has 1 amide bonds. The summed E-state index contributed by atoms with van der Waals surface area (Å²) in [6.07, 6.45) is 57.4. The summed E-state index contributed by atoms with van der Waals surface area (Å²) in [5.41, 5.74) is 0. The standard InChI is InChI=1S/C53H101NO5/c1-3-5-7-9-11-13-15-17-18-19-20-21-22-24-25-29-33-37-41-45-51(56)50(49-55)54-52(57)46-42-38-34-30-27-28-32-36-40-44-48-59-53(58)47-43-39-35-31-26-23-16-14-12-10-8-6-4-2/h14,16,41,45,50-51,55-56H,3-13,15,17-40,42-44,46-49H2,1-2H3,(H,54,57)/b16-14-,45-41+. The Hall–Kier alpha value is -1.66. The van der Waals surface area contributed by atoms with Crippen LogP contribution in [0.25, 0.3) is 0 Å². The fourth-order valence-electron chi connectivity index (χ4n) is 7.92. The van der Waals surface area contributed by atoms with Crippen LogP contribution in [0, 0.1) is 0 Å². The van der Waals surface area contributed by atoms with Gasteiger partial charge in [-0.3, -0.25) is 9.59 Å². The lowest BCUT2D eigenvalue weighted by Crippen LogP contribution is -2.45. The van der Waals surface area contributed by atoms with E-state index in [1.54, 1.807) is 6.08 Å². The van der Waals surface area contributed by atoms with E-state index in [9.17, 15) is 19.8 Å². The molecule has 348 valence electrons. The number of hydrogen-bond acceptors (Lipinski definition) is 5. The van der Waals surface area contributed by atoms with E-state index < -0.39 is 12.1 Å². The van der Waals surface area contributed by atoms with Crippen LogP contribution in [-0.4, -0.2) is 47.4 Å². The first-order valence-electron chi connectivity index (χ1n) is 26.1. The second-order valence-corrected chi connectivity index (χ2v) is 17.9. The minimum Gasteiger partial charge on any atom is -0.466 e. The van der Waals surface area contributed by atoms with Crippen LogP contribution >= 0.6 is 0 Å². The number of amides is 1. The Morgan fingerprint density at radius 3 is 1.22 bits per heavy atom. The van der Waals surface area contributed by atoms with Crippen LogP contribution in [0.1, 0.15) is 277 Å². The number of nitrogens with one attached hydrogen (secondary N) is 1. The van der Waals surface area contributed by atoms with Gasteiger partial charge in [-0.25, -0.2) is 0 Å². The van der Waals surface area contributed by atoms with Crippen LogP contribution < -0.4 is 5.32 Å². The maximum atomic E-state index is 12.4. The van der Waals surface area contributed by atoms with Crippen molar-refractivity contribution in [2.45, 2.75) is 289 Å². The van der Waals surface area contributed by atoms with Crippen molar-refractivity contribution in [2.24, 2.45) is 0 Å². The average Bonchev–Trinajstić information content (AvgIpc) is 3.24. The van der Waals surface area contributed by atoms with Crippen molar-refractivity contribution in [3.8, 4) is 0 Å². The fourth-order valence-corrected chi connectivity index (χ4v) is 7.92. The Kier molecular flexibility index (Phi) is 47.6. The number of aliphatic hydroxyl groups is 2. The summed E-state index contributed by atoms with van der Waals surface area (Å²) in [4.78, 5) is 24.4. The summed E-state index contributed by atoms with van der Waals surface area (Å²) < 4.78 is 5.44.